The Morgan fingerprint density at radius 2 is 1.69 bits per heavy atom. The van der Waals surface area contributed by atoms with Gasteiger partial charge in [-0.3, -0.25) is 4.79 Å². The van der Waals surface area contributed by atoms with E-state index in [9.17, 15) is 22.8 Å². The normalized spacial score (nSPS) is 12.3. The van der Waals surface area contributed by atoms with Crippen LogP contribution in [0.2, 0.25) is 0 Å². The van der Waals surface area contributed by atoms with Gasteiger partial charge in [0.25, 0.3) is 5.91 Å². The first-order chi connectivity index (χ1) is 17.1. The van der Waals surface area contributed by atoms with Gasteiger partial charge in [-0.15, -0.1) is 0 Å². The third kappa shape index (κ3) is 4.91. The van der Waals surface area contributed by atoms with Crippen LogP contribution in [0.1, 0.15) is 44.9 Å². The molecule has 4 aromatic rings. The molecule has 0 bridgehead atoms. The number of para-hydroxylation sites is 1. The molecule has 186 valence electrons. The van der Waals surface area contributed by atoms with E-state index in [0.29, 0.717) is 22.2 Å². The number of halogens is 3. The van der Waals surface area contributed by atoms with Gasteiger partial charge < -0.3 is 19.9 Å². The summed E-state index contributed by atoms with van der Waals surface area (Å²) in [4.78, 5) is 25.4. The lowest BCUT2D eigenvalue weighted by atomic mass is 10.0. The van der Waals surface area contributed by atoms with E-state index in [1.807, 2.05) is 12.1 Å². The number of rotatable bonds is 6. The summed E-state index contributed by atoms with van der Waals surface area (Å²) in [6.45, 7) is 1.77. The Balaban J connectivity index is 1.70. The fourth-order valence-corrected chi connectivity index (χ4v) is 4.10. The minimum Gasteiger partial charge on any atom is -0.465 e. The van der Waals surface area contributed by atoms with Crippen LogP contribution in [0.15, 0.2) is 72.8 Å². The maximum absolute atomic E-state index is 13.5. The summed E-state index contributed by atoms with van der Waals surface area (Å²) in [5.41, 5.74) is 1.83. The van der Waals surface area contributed by atoms with Crippen molar-refractivity contribution in [3.8, 4) is 0 Å². The first-order valence-corrected chi connectivity index (χ1v) is 11.1. The lowest BCUT2D eigenvalue weighted by Gasteiger charge is -2.17. The number of hydrogen-bond acceptors (Lipinski definition) is 4. The molecule has 6 nitrogen and oxygen atoms in total. The van der Waals surface area contributed by atoms with E-state index >= 15 is 0 Å². The molecular weight excluding hydrogens is 471 g/mol. The molecule has 0 radical (unpaired) electrons. The number of benzene rings is 3. The van der Waals surface area contributed by atoms with Gasteiger partial charge in [0.15, 0.2) is 0 Å². The van der Waals surface area contributed by atoms with Gasteiger partial charge in [0, 0.05) is 18.1 Å². The number of carbonyl (C=O) groups excluding carboxylic acids is 2. The number of fused-ring (bicyclic) bond motifs is 1. The predicted octanol–water partition coefficient (Wildman–Crippen LogP) is 6.22. The molecule has 2 N–H and O–H groups in total. The molecule has 0 aliphatic carbocycles. The van der Waals surface area contributed by atoms with Crippen LogP contribution < -0.4 is 10.6 Å². The van der Waals surface area contributed by atoms with Crippen molar-refractivity contribution >= 4 is 34.2 Å². The summed E-state index contributed by atoms with van der Waals surface area (Å²) in [6.07, 6.45) is -4.50. The lowest BCUT2D eigenvalue weighted by molar-refractivity contribution is -0.137. The Labute approximate surface area is 205 Å². The second kappa shape index (κ2) is 9.77. The predicted molar refractivity (Wildman–Crippen MR) is 131 cm³/mol. The number of hydrogen-bond donors (Lipinski definition) is 2. The lowest BCUT2D eigenvalue weighted by Crippen LogP contribution is -2.29. The average molecular weight is 496 g/mol. The van der Waals surface area contributed by atoms with Gasteiger partial charge in [0.05, 0.1) is 35.5 Å². The molecule has 0 saturated carbocycles. The van der Waals surface area contributed by atoms with Crippen molar-refractivity contribution in [3.63, 3.8) is 0 Å². The van der Waals surface area contributed by atoms with Crippen LogP contribution in [-0.4, -0.2) is 23.6 Å². The highest BCUT2D eigenvalue weighted by Gasteiger charge is 2.31. The van der Waals surface area contributed by atoms with Crippen molar-refractivity contribution in [3.05, 3.63) is 95.2 Å². The maximum Gasteiger partial charge on any atom is 0.416 e. The van der Waals surface area contributed by atoms with Gasteiger partial charge in [-0.2, -0.15) is 13.2 Å². The number of ether oxygens (including phenoxy) is 1. The second-order valence-electron chi connectivity index (χ2n) is 8.32. The molecule has 0 spiro atoms. The van der Waals surface area contributed by atoms with E-state index in [0.717, 1.165) is 17.6 Å². The van der Waals surface area contributed by atoms with Crippen molar-refractivity contribution in [2.45, 2.75) is 19.1 Å². The first-order valence-electron chi connectivity index (χ1n) is 11.1. The van der Waals surface area contributed by atoms with E-state index < -0.39 is 29.7 Å². The van der Waals surface area contributed by atoms with Gasteiger partial charge in [0.1, 0.15) is 5.69 Å². The van der Waals surface area contributed by atoms with Crippen LogP contribution in [0, 0.1) is 0 Å². The summed E-state index contributed by atoms with van der Waals surface area (Å²) in [7, 11) is 3.01. The summed E-state index contributed by atoms with van der Waals surface area (Å²) in [6, 6.07) is 18.3. The standard InChI is InChI=1S/C27H24F3N3O3/c1-16(17-8-6-9-18(14-17)26(35)36-3)31-25(34)24-23(21-12-4-5-13-22(21)33(24)2)32-20-11-7-10-19(15-20)27(28,29)30/h4-16,32H,1-3H3,(H,31,34). The maximum atomic E-state index is 13.5. The molecule has 0 fully saturated rings. The van der Waals surface area contributed by atoms with E-state index in [1.54, 1.807) is 54.9 Å². The number of esters is 1. The number of nitrogens with zero attached hydrogens (tertiary/aromatic N) is 1. The van der Waals surface area contributed by atoms with Crippen LogP contribution in [0.3, 0.4) is 0 Å². The van der Waals surface area contributed by atoms with Gasteiger partial charge in [-0.05, 0) is 48.9 Å². The Morgan fingerprint density at radius 1 is 0.972 bits per heavy atom. The Morgan fingerprint density at radius 3 is 2.42 bits per heavy atom. The zero-order valence-electron chi connectivity index (χ0n) is 19.8. The molecule has 1 amide bonds. The van der Waals surface area contributed by atoms with Crippen molar-refractivity contribution < 1.29 is 27.5 Å². The summed E-state index contributed by atoms with van der Waals surface area (Å²) in [5, 5.41) is 6.64. The molecule has 3 aromatic carbocycles. The SMILES string of the molecule is COC(=O)c1cccc(C(C)NC(=O)c2c(Nc3cccc(C(F)(F)F)c3)c3ccccc3n2C)c1. The molecule has 36 heavy (non-hydrogen) atoms. The Kier molecular flexibility index (Phi) is 6.74. The zero-order chi connectivity index (χ0) is 26.0. The molecule has 4 rings (SSSR count). The smallest absolute Gasteiger partial charge is 0.416 e. The minimum atomic E-state index is -4.50. The largest absolute Gasteiger partial charge is 0.465 e. The molecule has 1 heterocycles. The van der Waals surface area contributed by atoms with E-state index in [1.165, 1.54) is 19.2 Å². The molecular formula is C27H24F3N3O3. The number of carbonyl (C=O) groups is 2. The van der Waals surface area contributed by atoms with E-state index in [-0.39, 0.29) is 11.4 Å². The topological polar surface area (TPSA) is 72.4 Å². The molecule has 0 aliphatic heterocycles. The number of nitrogens with one attached hydrogen (secondary N) is 2. The number of amides is 1. The zero-order valence-corrected chi connectivity index (χ0v) is 19.8. The number of alkyl halides is 3. The summed E-state index contributed by atoms with van der Waals surface area (Å²) < 4.78 is 46.2. The quantitative estimate of drug-likeness (QED) is 0.312. The van der Waals surface area contributed by atoms with Gasteiger partial charge >= 0.3 is 12.1 Å². The molecule has 0 saturated heterocycles. The monoisotopic (exact) mass is 495 g/mol. The van der Waals surface area contributed by atoms with E-state index in [2.05, 4.69) is 10.6 Å². The van der Waals surface area contributed by atoms with Gasteiger partial charge in [-0.1, -0.05) is 36.4 Å². The third-order valence-corrected chi connectivity index (χ3v) is 5.94. The highest BCUT2D eigenvalue weighted by Crippen LogP contribution is 2.35. The molecule has 0 aliphatic rings. The van der Waals surface area contributed by atoms with Crippen LogP contribution in [0.25, 0.3) is 10.9 Å². The fraction of sp³-hybridized carbons (Fsp3) is 0.185. The van der Waals surface area contributed by atoms with Gasteiger partial charge in [0.2, 0.25) is 0 Å². The highest BCUT2D eigenvalue weighted by molar-refractivity contribution is 6.09. The second-order valence-corrected chi connectivity index (χ2v) is 8.32. The van der Waals surface area contributed by atoms with Crippen LogP contribution in [0.4, 0.5) is 24.5 Å². The third-order valence-electron chi connectivity index (χ3n) is 5.94. The minimum absolute atomic E-state index is 0.203. The van der Waals surface area contributed by atoms with Crippen molar-refractivity contribution in [2.75, 3.05) is 12.4 Å². The highest BCUT2D eigenvalue weighted by atomic mass is 19.4. The van der Waals surface area contributed by atoms with Crippen LogP contribution >= 0.6 is 0 Å². The number of aromatic nitrogens is 1. The molecule has 9 heteroatoms. The average Bonchev–Trinajstić information content (AvgIpc) is 3.14. The van der Waals surface area contributed by atoms with Crippen molar-refractivity contribution in [1.29, 1.82) is 0 Å². The number of anilines is 2. The van der Waals surface area contributed by atoms with E-state index in [4.69, 9.17) is 4.74 Å². The van der Waals surface area contributed by atoms with Gasteiger partial charge in [-0.25, -0.2) is 4.79 Å². The van der Waals surface area contributed by atoms with Crippen LogP contribution in [-0.2, 0) is 18.0 Å². The number of aryl methyl sites for hydroxylation is 1. The molecule has 1 unspecified atom stereocenters. The first kappa shape index (κ1) is 24.8. The van der Waals surface area contributed by atoms with Crippen molar-refractivity contribution in [1.82, 2.24) is 9.88 Å². The Hall–Kier alpha value is -4.27. The molecule has 1 aromatic heterocycles. The summed E-state index contributed by atoms with van der Waals surface area (Å²) in [5.74, 6) is -0.921. The molecule has 1 atom stereocenters. The Bertz CT molecular complexity index is 1440. The fourth-order valence-electron chi connectivity index (χ4n) is 4.10. The summed E-state index contributed by atoms with van der Waals surface area (Å²) >= 11 is 0. The van der Waals surface area contributed by atoms with Crippen molar-refractivity contribution in [2.24, 2.45) is 7.05 Å². The number of methoxy groups -OCH3 is 1. The van der Waals surface area contributed by atoms with Crippen LogP contribution in [0.5, 0.6) is 0 Å².